The van der Waals surface area contributed by atoms with Crippen molar-refractivity contribution in [3.8, 4) is 0 Å². The molecule has 1 aliphatic heterocycles. The van der Waals surface area contributed by atoms with Crippen LogP contribution in [0.3, 0.4) is 0 Å². The molecule has 1 amide bonds. The maximum atomic E-state index is 13.6. The molecule has 2 N–H and O–H groups in total. The number of rotatable bonds is 4. The van der Waals surface area contributed by atoms with Crippen LogP contribution in [0.25, 0.3) is 0 Å². The molecule has 9 heteroatoms. The Balaban J connectivity index is 2.11. The lowest BCUT2D eigenvalue weighted by Crippen LogP contribution is -2.40. The van der Waals surface area contributed by atoms with Gasteiger partial charge in [-0.2, -0.15) is 0 Å². The van der Waals surface area contributed by atoms with E-state index in [-0.39, 0.29) is 12.5 Å². The van der Waals surface area contributed by atoms with Gasteiger partial charge in [0, 0.05) is 19.2 Å². The molecule has 7 nitrogen and oxygen atoms in total. The minimum absolute atomic E-state index is 0.0824. The average molecular weight is 301 g/mol. The lowest BCUT2D eigenvalue weighted by atomic mass is 10.2. The fraction of sp³-hybridized carbons (Fsp3) is 0.417. The Bertz CT molecular complexity index is 562. The lowest BCUT2D eigenvalue weighted by Gasteiger charge is -2.23. The van der Waals surface area contributed by atoms with Crippen molar-refractivity contribution in [3.05, 3.63) is 33.9 Å². The van der Waals surface area contributed by atoms with Gasteiger partial charge in [0.1, 0.15) is 5.82 Å². The summed E-state index contributed by atoms with van der Waals surface area (Å²) in [6.07, 6.45) is -0.470. The molecule has 1 saturated heterocycles. The zero-order valence-electron chi connectivity index (χ0n) is 10.9. The van der Waals surface area contributed by atoms with Crippen LogP contribution in [0.1, 0.15) is 6.42 Å². The maximum Gasteiger partial charge on any atom is 0.298 e. The Labute approximate surface area is 118 Å². The van der Waals surface area contributed by atoms with Crippen LogP contribution in [0.2, 0.25) is 0 Å². The number of amides is 1. The summed E-state index contributed by atoms with van der Waals surface area (Å²) in [4.78, 5) is 21.6. The number of nitro benzene ring substituents is 1. The van der Waals surface area contributed by atoms with Gasteiger partial charge < -0.3 is 15.4 Å². The van der Waals surface area contributed by atoms with Crippen molar-refractivity contribution in [3.63, 3.8) is 0 Å². The first-order valence-corrected chi connectivity index (χ1v) is 6.23. The first kappa shape index (κ1) is 15.3. The van der Waals surface area contributed by atoms with E-state index in [1.54, 1.807) is 0 Å². The Kier molecular flexibility index (Phi) is 4.76. The second-order valence-electron chi connectivity index (χ2n) is 4.49. The summed E-state index contributed by atoms with van der Waals surface area (Å²) in [6, 6.07) is 1.03. The molecule has 0 aliphatic carbocycles. The highest BCUT2D eigenvalue weighted by molar-refractivity contribution is 5.93. The standard InChI is InChI=1S/C12H13F2N3O4/c13-7-3-9(14)12(10(4-7)17(19)20)16-11(18)5-8-6-15-1-2-21-8/h3-4,8,15H,1-2,5-6H2,(H,16,18). The first-order chi connectivity index (χ1) is 9.97. The summed E-state index contributed by atoms with van der Waals surface area (Å²) in [5.74, 6) is -2.92. The number of nitrogens with zero attached hydrogens (tertiary/aromatic N) is 1. The fourth-order valence-electron chi connectivity index (χ4n) is 1.98. The molecule has 1 aromatic rings. The van der Waals surface area contributed by atoms with Crippen molar-refractivity contribution < 1.29 is 23.2 Å². The van der Waals surface area contributed by atoms with E-state index in [4.69, 9.17) is 4.74 Å². The molecule has 1 aromatic carbocycles. The van der Waals surface area contributed by atoms with Crippen LogP contribution in [0, 0.1) is 21.7 Å². The van der Waals surface area contributed by atoms with Crippen molar-refractivity contribution in [2.24, 2.45) is 0 Å². The van der Waals surface area contributed by atoms with Crippen molar-refractivity contribution in [2.45, 2.75) is 12.5 Å². The Morgan fingerprint density at radius 3 is 2.90 bits per heavy atom. The molecule has 1 unspecified atom stereocenters. The number of hydrogen-bond donors (Lipinski definition) is 2. The molecule has 1 heterocycles. The highest BCUT2D eigenvalue weighted by Crippen LogP contribution is 2.28. The van der Waals surface area contributed by atoms with E-state index in [9.17, 15) is 23.7 Å². The molecule has 21 heavy (non-hydrogen) atoms. The number of benzene rings is 1. The number of nitrogens with one attached hydrogen (secondary N) is 2. The number of morpholine rings is 1. The molecular weight excluding hydrogens is 288 g/mol. The topological polar surface area (TPSA) is 93.5 Å². The number of carbonyl (C=O) groups is 1. The number of ether oxygens (including phenoxy) is 1. The molecule has 1 fully saturated rings. The van der Waals surface area contributed by atoms with Crippen molar-refractivity contribution >= 4 is 17.3 Å². The molecule has 0 aromatic heterocycles. The number of halogens is 2. The summed E-state index contributed by atoms with van der Waals surface area (Å²) in [7, 11) is 0. The fourth-order valence-corrected chi connectivity index (χ4v) is 1.98. The summed E-state index contributed by atoms with van der Waals surface area (Å²) >= 11 is 0. The van der Waals surface area contributed by atoms with Gasteiger partial charge >= 0.3 is 0 Å². The first-order valence-electron chi connectivity index (χ1n) is 6.23. The molecule has 0 spiro atoms. The molecule has 0 radical (unpaired) electrons. The molecular formula is C12H13F2N3O4. The summed E-state index contributed by atoms with van der Waals surface area (Å²) in [5.41, 5.74) is -1.47. The van der Waals surface area contributed by atoms with Gasteiger partial charge in [0.25, 0.3) is 5.69 Å². The van der Waals surface area contributed by atoms with E-state index in [1.807, 2.05) is 0 Å². The van der Waals surface area contributed by atoms with E-state index in [1.165, 1.54) is 0 Å². The Morgan fingerprint density at radius 1 is 1.52 bits per heavy atom. The van der Waals surface area contributed by atoms with Crippen LogP contribution in [-0.4, -0.2) is 36.6 Å². The van der Waals surface area contributed by atoms with Gasteiger partial charge in [-0.15, -0.1) is 0 Å². The zero-order valence-corrected chi connectivity index (χ0v) is 10.9. The average Bonchev–Trinajstić information content (AvgIpc) is 2.42. The predicted octanol–water partition coefficient (Wildman–Crippen LogP) is 1.19. The summed E-state index contributed by atoms with van der Waals surface area (Å²) < 4.78 is 31.9. The van der Waals surface area contributed by atoms with Crippen LogP contribution >= 0.6 is 0 Å². The number of nitro groups is 1. The van der Waals surface area contributed by atoms with Crippen molar-refractivity contribution in [1.29, 1.82) is 0 Å². The zero-order chi connectivity index (χ0) is 15.4. The lowest BCUT2D eigenvalue weighted by molar-refractivity contribution is -0.384. The Hall–Kier alpha value is -2.13. The maximum absolute atomic E-state index is 13.6. The third-order valence-electron chi connectivity index (χ3n) is 2.91. The van der Waals surface area contributed by atoms with Crippen molar-refractivity contribution in [2.75, 3.05) is 25.0 Å². The van der Waals surface area contributed by atoms with Gasteiger partial charge in [0.05, 0.1) is 30.1 Å². The van der Waals surface area contributed by atoms with Crippen molar-refractivity contribution in [1.82, 2.24) is 5.32 Å². The second kappa shape index (κ2) is 6.55. The molecule has 1 atom stereocenters. The van der Waals surface area contributed by atoms with E-state index in [0.29, 0.717) is 31.8 Å². The third-order valence-corrected chi connectivity index (χ3v) is 2.91. The monoisotopic (exact) mass is 301 g/mol. The van der Waals surface area contributed by atoms with Crippen LogP contribution in [0.5, 0.6) is 0 Å². The van der Waals surface area contributed by atoms with Gasteiger partial charge in [-0.25, -0.2) is 8.78 Å². The normalized spacial score (nSPS) is 18.3. The molecule has 2 rings (SSSR count). The molecule has 1 aliphatic rings. The SMILES string of the molecule is O=C(CC1CNCCO1)Nc1c(F)cc(F)cc1[N+](=O)[O-]. The molecule has 114 valence electrons. The summed E-state index contributed by atoms with van der Waals surface area (Å²) in [5, 5.41) is 15.9. The van der Waals surface area contributed by atoms with Crippen LogP contribution in [0.4, 0.5) is 20.2 Å². The van der Waals surface area contributed by atoms with E-state index in [2.05, 4.69) is 10.6 Å². The third kappa shape index (κ3) is 3.92. The van der Waals surface area contributed by atoms with Gasteiger partial charge in [-0.3, -0.25) is 14.9 Å². The van der Waals surface area contributed by atoms with E-state index in [0.717, 1.165) is 0 Å². The predicted molar refractivity (Wildman–Crippen MR) is 68.9 cm³/mol. The van der Waals surface area contributed by atoms with E-state index >= 15 is 0 Å². The second-order valence-corrected chi connectivity index (χ2v) is 4.49. The molecule has 0 saturated carbocycles. The molecule has 0 bridgehead atoms. The highest BCUT2D eigenvalue weighted by atomic mass is 19.1. The minimum atomic E-state index is -1.20. The Morgan fingerprint density at radius 2 is 2.29 bits per heavy atom. The minimum Gasteiger partial charge on any atom is -0.375 e. The smallest absolute Gasteiger partial charge is 0.298 e. The quantitative estimate of drug-likeness (QED) is 0.643. The van der Waals surface area contributed by atoms with E-state index < -0.39 is 33.8 Å². The largest absolute Gasteiger partial charge is 0.375 e. The van der Waals surface area contributed by atoms with Crippen LogP contribution < -0.4 is 10.6 Å². The van der Waals surface area contributed by atoms with Gasteiger partial charge in [-0.1, -0.05) is 0 Å². The van der Waals surface area contributed by atoms with Gasteiger partial charge in [0.15, 0.2) is 11.5 Å². The van der Waals surface area contributed by atoms with Crippen LogP contribution in [0.15, 0.2) is 12.1 Å². The summed E-state index contributed by atoms with van der Waals surface area (Å²) in [6.45, 7) is 1.58. The number of hydrogen-bond acceptors (Lipinski definition) is 5. The number of anilines is 1. The highest BCUT2D eigenvalue weighted by Gasteiger charge is 2.24. The van der Waals surface area contributed by atoms with Crippen LogP contribution in [-0.2, 0) is 9.53 Å². The number of carbonyl (C=O) groups excluding carboxylic acids is 1. The van der Waals surface area contributed by atoms with Gasteiger partial charge in [0.2, 0.25) is 5.91 Å². The van der Waals surface area contributed by atoms with Gasteiger partial charge in [-0.05, 0) is 0 Å².